The zero-order valence-corrected chi connectivity index (χ0v) is 15.9. The SMILES string of the molecule is Cc1nc(C(=O)Nc2ccc(Cl)c(-c3nnc4n3CCCCC4)c2)cs1. The molecule has 1 aliphatic rings. The molecule has 0 saturated heterocycles. The number of nitrogens with one attached hydrogen (secondary N) is 1. The molecule has 1 N–H and O–H groups in total. The average Bonchev–Trinajstić information content (AvgIpc) is 3.16. The van der Waals surface area contributed by atoms with Crippen LogP contribution in [-0.4, -0.2) is 25.7 Å². The summed E-state index contributed by atoms with van der Waals surface area (Å²) in [4.78, 5) is 16.6. The molecule has 8 heteroatoms. The van der Waals surface area contributed by atoms with Gasteiger partial charge < -0.3 is 9.88 Å². The zero-order valence-electron chi connectivity index (χ0n) is 14.3. The highest BCUT2D eigenvalue weighted by atomic mass is 35.5. The van der Waals surface area contributed by atoms with E-state index >= 15 is 0 Å². The molecule has 1 aromatic carbocycles. The second-order valence-corrected chi connectivity index (χ2v) is 7.77. The molecule has 3 aromatic rings. The highest BCUT2D eigenvalue weighted by molar-refractivity contribution is 7.09. The van der Waals surface area contributed by atoms with Crippen LogP contribution in [-0.2, 0) is 13.0 Å². The van der Waals surface area contributed by atoms with Gasteiger partial charge in [-0.3, -0.25) is 4.79 Å². The van der Waals surface area contributed by atoms with Crippen LogP contribution in [0.1, 0.15) is 40.6 Å². The molecule has 0 radical (unpaired) electrons. The fourth-order valence-corrected chi connectivity index (χ4v) is 3.92. The van der Waals surface area contributed by atoms with Crippen LogP contribution in [0.25, 0.3) is 11.4 Å². The highest BCUT2D eigenvalue weighted by Gasteiger charge is 2.19. The summed E-state index contributed by atoms with van der Waals surface area (Å²) in [6.07, 6.45) is 4.37. The number of benzene rings is 1. The number of hydrogen-bond acceptors (Lipinski definition) is 5. The Morgan fingerprint density at radius 1 is 1.27 bits per heavy atom. The van der Waals surface area contributed by atoms with Crippen LogP contribution in [0.5, 0.6) is 0 Å². The maximum Gasteiger partial charge on any atom is 0.275 e. The van der Waals surface area contributed by atoms with Crippen LogP contribution in [0, 0.1) is 6.92 Å². The molecule has 1 amide bonds. The minimum Gasteiger partial charge on any atom is -0.321 e. The number of aryl methyl sites for hydroxylation is 2. The number of anilines is 1. The lowest BCUT2D eigenvalue weighted by atomic mass is 10.1. The quantitative estimate of drug-likeness (QED) is 0.725. The average molecular weight is 388 g/mol. The summed E-state index contributed by atoms with van der Waals surface area (Å²) in [6.45, 7) is 2.77. The molecule has 0 atom stereocenters. The lowest BCUT2D eigenvalue weighted by Crippen LogP contribution is -2.12. The fraction of sp³-hybridized carbons (Fsp3) is 0.333. The number of hydrogen-bond donors (Lipinski definition) is 1. The van der Waals surface area contributed by atoms with Gasteiger partial charge in [-0.15, -0.1) is 21.5 Å². The Hall–Kier alpha value is -2.25. The first-order chi connectivity index (χ1) is 12.6. The molecule has 3 heterocycles. The maximum absolute atomic E-state index is 12.4. The summed E-state index contributed by atoms with van der Waals surface area (Å²) in [5.41, 5.74) is 1.85. The number of aromatic nitrogens is 4. The van der Waals surface area contributed by atoms with Crippen molar-refractivity contribution in [3.63, 3.8) is 0 Å². The van der Waals surface area contributed by atoms with Crippen molar-refractivity contribution in [1.82, 2.24) is 19.7 Å². The van der Waals surface area contributed by atoms with Gasteiger partial charge >= 0.3 is 0 Å². The third kappa shape index (κ3) is 3.37. The number of amides is 1. The van der Waals surface area contributed by atoms with Crippen molar-refractivity contribution in [2.24, 2.45) is 0 Å². The van der Waals surface area contributed by atoms with E-state index in [0.29, 0.717) is 16.4 Å². The van der Waals surface area contributed by atoms with Crippen LogP contribution in [0.4, 0.5) is 5.69 Å². The predicted octanol–water partition coefficient (Wildman–Crippen LogP) is 4.34. The minimum atomic E-state index is -0.234. The van der Waals surface area contributed by atoms with E-state index in [1.165, 1.54) is 17.8 Å². The first kappa shape index (κ1) is 17.2. The number of rotatable bonds is 3. The predicted molar refractivity (Wildman–Crippen MR) is 103 cm³/mol. The van der Waals surface area contributed by atoms with Gasteiger partial charge in [-0.25, -0.2) is 4.98 Å². The summed E-state index contributed by atoms with van der Waals surface area (Å²) < 4.78 is 2.14. The number of halogens is 1. The standard InChI is InChI=1S/C18H18ClN5OS/c1-11-20-15(10-26-11)18(25)21-12-6-7-14(19)13(9-12)17-23-22-16-5-3-2-4-8-24(16)17/h6-7,9-10H,2-5,8H2,1H3,(H,21,25). The van der Waals surface area contributed by atoms with Gasteiger partial charge in [0.05, 0.1) is 10.0 Å². The lowest BCUT2D eigenvalue weighted by Gasteiger charge is -2.10. The topological polar surface area (TPSA) is 72.7 Å². The zero-order chi connectivity index (χ0) is 18.1. The van der Waals surface area contributed by atoms with Crippen LogP contribution in [0.2, 0.25) is 5.02 Å². The van der Waals surface area contributed by atoms with E-state index in [4.69, 9.17) is 11.6 Å². The Bertz CT molecular complexity index is 964. The molecule has 0 fully saturated rings. The largest absolute Gasteiger partial charge is 0.321 e. The maximum atomic E-state index is 12.4. The monoisotopic (exact) mass is 387 g/mol. The second-order valence-electron chi connectivity index (χ2n) is 6.30. The summed E-state index contributed by atoms with van der Waals surface area (Å²) in [7, 11) is 0. The molecular weight excluding hydrogens is 370 g/mol. The smallest absolute Gasteiger partial charge is 0.275 e. The van der Waals surface area contributed by atoms with Gasteiger partial charge in [0, 0.05) is 29.6 Å². The molecule has 2 aromatic heterocycles. The van der Waals surface area contributed by atoms with E-state index in [0.717, 1.165) is 48.0 Å². The number of carbonyl (C=O) groups excluding carboxylic acids is 1. The van der Waals surface area contributed by atoms with Crippen LogP contribution >= 0.6 is 22.9 Å². The van der Waals surface area contributed by atoms with Gasteiger partial charge in [0.15, 0.2) is 5.82 Å². The molecule has 0 saturated carbocycles. The summed E-state index contributed by atoms with van der Waals surface area (Å²) >= 11 is 7.87. The molecule has 0 bridgehead atoms. The van der Waals surface area contributed by atoms with Crippen molar-refractivity contribution in [1.29, 1.82) is 0 Å². The molecule has 0 unspecified atom stereocenters. The van der Waals surface area contributed by atoms with Crippen LogP contribution in [0.3, 0.4) is 0 Å². The number of thiazole rings is 1. The van der Waals surface area contributed by atoms with E-state index in [9.17, 15) is 4.79 Å². The van der Waals surface area contributed by atoms with Crippen molar-refractivity contribution >= 4 is 34.5 Å². The number of fused-ring (bicyclic) bond motifs is 1. The Balaban J connectivity index is 1.65. The van der Waals surface area contributed by atoms with Gasteiger partial charge in [-0.05, 0) is 38.0 Å². The number of nitrogens with zero attached hydrogens (tertiary/aromatic N) is 4. The van der Waals surface area contributed by atoms with E-state index in [1.807, 2.05) is 13.0 Å². The molecule has 0 aliphatic carbocycles. The molecule has 1 aliphatic heterocycles. The summed E-state index contributed by atoms with van der Waals surface area (Å²) in [6, 6.07) is 5.40. The Labute approximate surface area is 160 Å². The van der Waals surface area contributed by atoms with Crippen molar-refractivity contribution in [3.8, 4) is 11.4 Å². The normalized spacial score (nSPS) is 13.9. The van der Waals surface area contributed by atoms with Gasteiger partial charge in [-0.2, -0.15) is 0 Å². The van der Waals surface area contributed by atoms with E-state index < -0.39 is 0 Å². The Morgan fingerprint density at radius 3 is 2.96 bits per heavy atom. The van der Waals surface area contributed by atoms with Gasteiger partial charge in [0.2, 0.25) is 0 Å². The molecule has 4 rings (SSSR count). The van der Waals surface area contributed by atoms with E-state index in [2.05, 4.69) is 25.1 Å². The molecule has 26 heavy (non-hydrogen) atoms. The first-order valence-electron chi connectivity index (χ1n) is 8.57. The Kier molecular flexibility index (Phi) is 4.74. The molecular formula is C18H18ClN5OS. The van der Waals surface area contributed by atoms with Crippen molar-refractivity contribution in [3.05, 3.63) is 45.1 Å². The fourth-order valence-electron chi connectivity index (χ4n) is 3.12. The molecule has 134 valence electrons. The first-order valence-corrected chi connectivity index (χ1v) is 9.83. The van der Waals surface area contributed by atoms with Crippen LogP contribution in [0.15, 0.2) is 23.6 Å². The van der Waals surface area contributed by atoms with Crippen molar-refractivity contribution < 1.29 is 4.79 Å². The number of carbonyl (C=O) groups is 1. The van der Waals surface area contributed by atoms with Crippen molar-refractivity contribution in [2.75, 3.05) is 5.32 Å². The highest BCUT2D eigenvalue weighted by Crippen LogP contribution is 2.31. The van der Waals surface area contributed by atoms with Gasteiger partial charge in [-0.1, -0.05) is 18.0 Å². The summed E-state index contributed by atoms with van der Waals surface area (Å²) in [5, 5.41) is 14.8. The third-order valence-electron chi connectivity index (χ3n) is 4.43. The van der Waals surface area contributed by atoms with Gasteiger partial charge in [0.25, 0.3) is 5.91 Å². The molecule has 6 nitrogen and oxygen atoms in total. The second kappa shape index (κ2) is 7.17. The third-order valence-corrected chi connectivity index (χ3v) is 5.53. The van der Waals surface area contributed by atoms with Crippen molar-refractivity contribution in [2.45, 2.75) is 39.2 Å². The lowest BCUT2D eigenvalue weighted by molar-refractivity contribution is 0.102. The van der Waals surface area contributed by atoms with E-state index in [1.54, 1.807) is 17.5 Å². The van der Waals surface area contributed by atoms with Gasteiger partial charge in [0.1, 0.15) is 11.5 Å². The summed E-state index contributed by atoms with van der Waals surface area (Å²) in [5.74, 6) is 1.52. The van der Waals surface area contributed by atoms with Crippen LogP contribution < -0.4 is 5.32 Å². The molecule has 0 spiro atoms. The van der Waals surface area contributed by atoms with E-state index in [-0.39, 0.29) is 5.91 Å². The Morgan fingerprint density at radius 2 is 2.15 bits per heavy atom. The minimum absolute atomic E-state index is 0.234.